The molecule has 0 spiro atoms. The summed E-state index contributed by atoms with van der Waals surface area (Å²) >= 11 is 15.3. The fraction of sp³-hybridized carbons (Fsp3) is 0.381. The number of hydrogen-bond donors (Lipinski definition) is 3. The van der Waals surface area contributed by atoms with E-state index in [1.165, 1.54) is 11.8 Å². The number of aryl methyl sites for hydroxylation is 1. The molecule has 1 fully saturated rings. The van der Waals surface area contributed by atoms with Crippen molar-refractivity contribution in [2.75, 3.05) is 26.3 Å². The number of H-pyrrole nitrogens is 1. The van der Waals surface area contributed by atoms with E-state index in [0.717, 1.165) is 11.1 Å². The number of benzene rings is 1. The van der Waals surface area contributed by atoms with Crippen molar-refractivity contribution in [1.29, 1.82) is 0 Å². The first-order valence-corrected chi connectivity index (χ1v) is 11.5. The molecule has 172 valence electrons. The van der Waals surface area contributed by atoms with Gasteiger partial charge in [0.05, 0.1) is 28.8 Å². The van der Waals surface area contributed by atoms with Gasteiger partial charge < -0.3 is 25.3 Å². The van der Waals surface area contributed by atoms with Crippen LogP contribution in [0.1, 0.15) is 34.6 Å². The van der Waals surface area contributed by atoms with E-state index in [2.05, 4.69) is 31.5 Å². The van der Waals surface area contributed by atoms with E-state index in [1.807, 2.05) is 31.2 Å². The van der Waals surface area contributed by atoms with E-state index < -0.39 is 18.0 Å². The van der Waals surface area contributed by atoms with Crippen molar-refractivity contribution in [1.82, 2.24) is 20.5 Å². The molecule has 3 rings (SSSR count). The minimum absolute atomic E-state index is 0.107. The van der Waals surface area contributed by atoms with Gasteiger partial charge in [-0.1, -0.05) is 53.0 Å². The highest BCUT2D eigenvalue weighted by molar-refractivity contribution is 9.10. The Labute approximate surface area is 204 Å². The van der Waals surface area contributed by atoms with Gasteiger partial charge in [0.15, 0.2) is 0 Å². The molecule has 11 heteroatoms. The quantitative estimate of drug-likeness (QED) is 0.518. The number of morpholine rings is 1. The summed E-state index contributed by atoms with van der Waals surface area (Å²) < 4.78 is 5.73. The number of nitrogens with one attached hydrogen (secondary N) is 3. The molecule has 2 heterocycles. The third-order valence-corrected chi connectivity index (χ3v) is 6.95. The number of amides is 3. The summed E-state index contributed by atoms with van der Waals surface area (Å²) in [6, 6.07) is 6.33. The standard InChI is InChI=1S/C21H23BrCl2N4O4/c1-11-3-5-13(6-4-11)14(26-21(31)18-16(22)17(23)19(24)27-18)9-25-20(30)15-10-32-8-7-28(15)12(2)29/h3-6,14-15,27H,7-10H2,1-2H3,(H,25,30)(H,26,31). The maximum atomic E-state index is 12.9. The SMILES string of the molecule is CC(=O)N1CCOCC1C(=O)NCC(NC(=O)c1[nH]c(Cl)c(Cl)c1Br)c1ccc(C)cc1. The molecule has 1 aliphatic heterocycles. The van der Waals surface area contributed by atoms with E-state index in [4.69, 9.17) is 27.9 Å². The summed E-state index contributed by atoms with van der Waals surface area (Å²) in [7, 11) is 0. The van der Waals surface area contributed by atoms with Crippen LogP contribution in [0.25, 0.3) is 0 Å². The molecule has 0 saturated carbocycles. The molecule has 1 aromatic heterocycles. The normalized spacial score (nSPS) is 17.0. The Bertz CT molecular complexity index is 1010. The highest BCUT2D eigenvalue weighted by Gasteiger charge is 2.31. The molecule has 8 nitrogen and oxygen atoms in total. The predicted octanol–water partition coefficient (Wildman–Crippen LogP) is 3.23. The van der Waals surface area contributed by atoms with Crippen LogP contribution in [0.15, 0.2) is 28.7 Å². The van der Waals surface area contributed by atoms with E-state index in [0.29, 0.717) is 17.6 Å². The van der Waals surface area contributed by atoms with Crippen LogP contribution in [0.4, 0.5) is 0 Å². The summed E-state index contributed by atoms with van der Waals surface area (Å²) in [6.45, 7) is 4.36. The van der Waals surface area contributed by atoms with Gasteiger partial charge in [-0.25, -0.2) is 0 Å². The lowest BCUT2D eigenvalue weighted by molar-refractivity contribution is -0.146. The lowest BCUT2D eigenvalue weighted by Gasteiger charge is -2.34. The number of carbonyl (C=O) groups is 3. The molecule has 3 N–H and O–H groups in total. The second-order valence-electron chi connectivity index (χ2n) is 7.43. The van der Waals surface area contributed by atoms with Crippen LogP contribution in [0, 0.1) is 6.92 Å². The van der Waals surface area contributed by atoms with Crippen LogP contribution in [-0.4, -0.2) is 60.0 Å². The first kappa shape index (κ1) is 24.6. The molecule has 0 aliphatic carbocycles. The van der Waals surface area contributed by atoms with Gasteiger partial charge in [0.2, 0.25) is 11.8 Å². The lowest BCUT2D eigenvalue weighted by Crippen LogP contribution is -2.56. The molecule has 1 aromatic carbocycles. The maximum absolute atomic E-state index is 12.9. The van der Waals surface area contributed by atoms with Gasteiger partial charge in [-0.05, 0) is 28.4 Å². The van der Waals surface area contributed by atoms with Gasteiger partial charge in [-0.15, -0.1) is 0 Å². The summed E-state index contributed by atoms with van der Waals surface area (Å²) in [6.07, 6.45) is 0. The average Bonchev–Trinajstić information content (AvgIpc) is 3.04. The van der Waals surface area contributed by atoms with Crippen molar-refractivity contribution >= 4 is 56.9 Å². The molecule has 3 amide bonds. The zero-order valence-electron chi connectivity index (χ0n) is 17.5. The Morgan fingerprint density at radius 2 is 1.97 bits per heavy atom. The molecule has 1 saturated heterocycles. The Balaban J connectivity index is 1.76. The minimum Gasteiger partial charge on any atom is -0.377 e. The monoisotopic (exact) mass is 544 g/mol. The summed E-state index contributed by atoms with van der Waals surface area (Å²) in [5.74, 6) is -0.988. The first-order chi connectivity index (χ1) is 15.2. The number of carbonyl (C=O) groups excluding carboxylic acids is 3. The van der Waals surface area contributed by atoms with Gasteiger partial charge in [-0.2, -0.15) is 0 Å². The maximum Gasteiger partial charge on any atom is 0.269 e. The van der Waals surface area contributed by atoms with E-state index in [1.54, 1.807) is 0 Å². The average molecular weight is 546 g/mol. The van der Waals surface area contributed by atoms with Crippen molar-refractivity contribution in [3.8, 4) is 0 Å². The number of nitrogens with zero attached hydrogens (tertiary/aromatic N) is 1. The molecule has 32 heavy (non-hydrogen) atoms. The van der Waals surface area contributed by atoms with Crippen molar-refractivity contribution in [2.24, 2.45) is 0 Å². The van der Waals surface area contributed by atoms with E-state index >= 15 is 0 Å². The Morgan fingerprint density at radius 1 is 1.28 bits per heavy atom. The van der Waals surface area contributed by atoms with E-state index in [-0.39, 0.29) is 40.8 Å². The number of ether oxygens (including phenoxy) is 1. The highest BCUT2D eigenvalue weighted by Crippen LogP contribution is 2.33. The Hall–Kier alpha value is -2.07. The van der Waals surface area contributed by atoms with Gasteiger partial charge in [0, 0.05) is 20.0 Å². The van der Waals surface area contributed by atoms with Crippen LogP contribution in [0.2, 0.25) is 10.2 Å². The number of hydrogen-bond acceptors (Lipinski definition) is 4. The fourth-order valence-electron chi connectivity index (χ4n) is 3.38. The van der Waals surface area contributed by atoms with Gasteiger partial charge in [-0.3, -0.25) is 14.4 Å². The van der Waals surface area contributed by atoms with Gasteiger partial charge in [0.1, 0.15) is 16.9 Å². The number of aromatic amines is 1. The summed E-state index contributed by atoms with van der Waals surface area (Å²) in [5, 5.41) is 6.09. The van der Waals surface area contributed by atoms with E-state index in [9.17, 15) is 14.4 Å². The van der Waals surface area contributed by atoms with Gasteiger partial charge in [0.25, 0.3) is 5.91 Å². The molecular formula is C21H23BrCl2N4O4. The van der Waals surface area contributed by atoms with Crippen molar-refractivity contribution in [2.45, 2.75) is 25.9 Å². The smallest absolute Gasteiger partial charge is 0.269 e. The van der Waals surface area contributed by atoms with Crippen molar-refractivity contribution < 1.29 is 19.1 Å². The third kappa shape index (κ3) is 5.64. The molecule has 0 bridgehead atoms. The van der Waals surface area contributed by atoms with Crippen molar-refractivity contribution in [3.63, 3.8) is 0 Å². The second-order valence-corrected chi connectivity index (χ2v) is 8.98. The largest absolute Gasteiger partial charge is 0.377 e. The van der Waals surface area contributed by atoms with Crippen LogP contribution in [0.3, 0.4) is 0 Å². The van der Waals surface area contributed by atoms with Crippen LogP contribution in [-0.2, 0) is 14.3 Å². The summed E-state index contributed by atoms with van der Waals surface area (Å²) in [5.41, 5.74) is 2.03. The molecule has 2 atom stereocenters. The molecular weight excluding hydrogens is 523 g/mol. The molecule has 1 aliphatic rings. The fourth-order valence-corrected chi connectivity index (χ4v) is 4.30. The van der Waals surface area contributed by atoms with Crippen LogP contribution in [0.5, 0.6) is 0 Å². The molecule has 2 unspecified atom stereocenters. The van der Waals surface area contributed by atoms with Crippen LogP contribution < -0.4 is 10.6 Å². The first-order valence-electron chi connectivity index (χ1n) is 9.91. The minimum atomic E-state index is -0.717. The zero-order chi connectivity index (χ0) is 23.4. The molecule has 2 aromatic rings. The molecule has 0 radical (unpaired) electrons. The van der Waals surface area contributed by atoms with Crippen molar-refractivity contribution in [3.05, 3.63) is 55.7 Å². The predicted molar refractivity (Wildman–Crippen MR) is 125 cm³/mol. The van der Waals surface area contributed by atoms with Gasteiger partial charge >= 0.3 is 0 Å². The highest BCUT2D eigenvalue weighted by atomic mass is 79.9. The Morgan fingerprint density at radius 3 is 2.56 bits per heavy atom. The topological polar surface area (TPSA) is 104 Å². The zero-order valence-corrected chi connectivity index (χ0v) is 20.6. The van der Waals surface area contributed by atoms with Crippen LogP contribution >= 0.6 is 39.1 Å². The Kier molecular flexibility index (Phi) is 8.21. The lowest BCUT2D eigenvalue weighted by atomic mass is 10.0. The number of aromatic nitrogens is 1. The second kappa shape index (κ2) is 10.7. The number of halogens is 3. The summed E-state index contributed by atoms with van der Waals surface area (Å²) in [4.78, 5) is 41.8. The number of rotatable bonds is 6. The third-order valence-electron chi connectivity index (χ3n) is 5.17.